The first kappa shape index (κ1) is 16.9. The summed E-state index contributed by atoms with van der Waals surface area (Å²) in [5.41, 5.74) is 6.70. The predicted molar refractivity (Wildman–Crippen MR) is 109 cm³/mol. The SMILES string of the molecule is CC1(C)Cc2ccccc2C(c2ccccc2NCc2ccccc2)N1. The molecule has 1 heterocycles. The molecule has 132 valence electrons. The third kappa shape index (κ3) is 3.51. The average Bonchev–Trinajstić information content (AvgIpc) is 2.66. The maximum Gasteiger partial charge on any atom is 0.0604 e. The van der Waals surface area contributed by atoms with Crippen molar-refractivity contribution in [3.63, 3.8) is 0 Å². The van der Waals surface area contributed by atoms with Gasteiger partial charge in [-0.3, -0.25) is 0 Å². The minimum atomic E-state index is 0.0750. The molecule has 4 rings (SSSR count). The average molecular weight is 342 g/mol. The summed E-state index contributed by atoms with van der Waals surface area (Å²) in [6.07, 6.45) is 1.05. The van der Waals surface area contributed by atoms with Crippen molar-refractivity contribution in [3.8, 4) is 0 Å². The standard InChI is InChI=1S/C24H26N2/c1-24(2)16-19-12-6-7-13-20(19)23(26-24)21-14-8-9-15-22(21)25-17-18-10-4-3-5-11-18/h3-15,23,25-26H,16-17H2,1-2H3. The zero-order chi connectivity index (χ0) is 18.0. The molecule has 1 aliphatic heterocycles. The second-order valence-corrected chi connectivity index (χ2v) is 7.76. The largest absolute Gasteiger partial charge is 0.381 e. The molecule has 0 saturated carbocycles. The van der Waals surface area contributed by atoms with E-state index in [1.54, 1.807) is 0 Å². The van der Waals surface area contributed by atoms with Crippen LogP contribution in [0.4, 0.5) is 5.69 Å². The van der Waals surface area contributed by atoms with Gasteiger partial charge in [-0.1, -0.05) is 72.8 Å². The Morgan fingerprint density at radius 2 is 1.50 bits per heavy atom. The van der Waals surface area contributed by atoms with Crippen molar-refractivity contribution < 1.29 is 0 Å². The van der Waals surface area contributed by atoms with Crippen molar-refractivity contribution in [1.29, 1.82) is 0 Å². The van der Waals surface area contributed by atoms with Crippen LogP contribution in [0, 0.1) is 0 Å². The minimum Gasteiger partial charge on any atom is -0.381 e. The molecule has 0 aromatic heterocycles. The number of hydrogen-bond acceptors (Lipinski definition) is 2. The van der Waals surface area contributed by atoms with Gasteiger partial charge in [0.1, 0.15) is 0 Å². The maximum atomic E-state index is 3.86. The molecule has 0 aliphatic carbocycles. The van der Waals surface area contributed by atoms with E-state index in [4.69, 9.17) is 0 Å². The third-order valence-corrected chi connectivity index (χ3v) is 5.13. The molecular formula is C24H26N2. The highest BCUT2D eigenvalue weighted by Crippen LogP contribution is 2.37. The predicted octanol–water partition coefficient (Wildman–Crippen LogP) is 5.31. The summed E-state index contributed by atoms with van der Waals surface area (Å²) in [6, 6.07) is 28.2. The summed E-state index contributed by atoms with van der Waals surface area (Å²) >= 11 is 0. The van der Waals surface area contributed by atoms with E-state index in [1.165, 1.54) is 27.9 Å². The number of para-hydroxylation sites is 1. The van der Waals surface area contributed by atoms with E-state index in [-0.39, 0.29) is 11.6 Å². The zero-order valence-electron chi connectivity index (χ0n) is 15.5. The van der Waals surface area contributed by atoms with E-state index >= 15 is 0 Å². The van der Waals surface area contributed by atoms with Crippen LogP contribution in [0.1, 0.15) is 42.1 Å². The quantitative estimate of drug-likeness (QED) is 0.671. The number of nitrogens with one attached hydrogen (secondary N) is 2. The highest BCUT2D eigenvalue weighted by Gasteiger charge is 2.32. The Kier molecular flexibility index (Phi) is 4.52. The van der Waals surface area contributed by atoms with Gasteiger partial charge in [-0.2, -0.15) is 0 Å². The molecule has 0 radical (unpaired) electrons. The van der Waals surface area contributed by atoms with Crippen molar-refractivity contribution >= 4 is 5.69 Å². The van der Waals surface area contributed by atoms with E-state index in [0.29, 0.717) is 0 Å². The summed E-state index contributed by atoms with van der Waals surface area (Å²) in [6.45, 7) is 5.40. The van der Waals surface area contributed by atoms with Crippen LogP contribution in [0.3, 0.4) is 0 Å². The number of fused-ring (bicyclic) bond motifs is 1. The maximum absolute atomic E-state index is 3.86. The highest BCUT2D eigenvalue weighted by atomic mass is 15.0. The first-order valence-corrected chi connectivity index (χ1v) is 9.35. The molecule has 3 aromatic carbocycles. The summed E-state index contributed by atoms with van der Waals surface area (Å²) in [4.78, 5) is 0. The Labute approximate surface area is 156 Å². The monoisotopic (exact) mass is 342 g/mol. The fourth-order valence-electron chi connectivity index (χ4n) is 3.92. The first-order chi connectivity index (χ1) is 12.6. The van der Waals surface area contributed by atoms with E-state index in [2.05, 4.69) is 103 Å². The van der Waals surface area contributed by atoms with Crippen LogP contribution in [0.15, 0.2) is 78.9 Å². The van der Waals surface area contributed by atoms with Gasteiger partial charge in [-0.25, -0.2) is 0 Å². The van der Waals surface area contributed by atoms with Gasteiger partial charge in [0.05, 0.1) is 6.04 Å². The van der Waals surface area contributed by atoms with Crippen LogP contribution in [-0.4, -0.2) is 5.54 Å². The molecule has 1 aliphatic rings. The lowest BCUT2D eigenvalue weighted by Gasteiger charge is -2.39. The smallest absolute Gasteiger partial charge is 0.0604 e. The molecule has 0 amide bonds. The lowest BCUT2D eigenvalue weighted by molar-refractivity contribution is 0.333. The van der Waals surface area contributed by atoms with Crippen LogP contribution in [0.25, 0.3) is 0 Å². The van der Waals surface area contributed by atoms with E-state index in [0.717, 1.165) is 13.0 Å². The van der Waals surface area contributed by atoms with Crippen molar-refractivity contribution in [2.45, 2.75) is 38.4 Å². The molecule has 0 bridgehead atoms. The number of anilines is 1. The molecule has 1 atom stereocenters. The Morgan fingerprint density at radius 3 is 2.31 bits per heavy atom. The molecule has 3 aromatic rings. The summed E-state index contributed by atoms with van der Waals surface area (Å²) in [7, 11) is 0. The second-order valence-electron chi connectivity index (χ2n) is 7.76. The van der Waals surface area contributed by atoms with Gasteiger partial charge < -0.3 is 10.6 Å². The molecule has 2 heteroatoms. The molecule has 1 unspecified atom stereocenters. The van der Waals surface area contributed by atoms with Gasteiger partial charge in [0.2, 0.25) is 0 Å². The minimum absolute atomic E-state index is 0.0750. The summed E-state index contributed by atoms with van der Waals surface area (Å²) in [5, 5.41) is 7.51. The summed E-state index contributed by atoms with van der Waals surface area (Å²) < 4.78 is 0. The number of benzene rings is 3. The topological polar surface area (TPSA) is 24.1 Å². The van der Waals surface area contributed by atoms with Crippen LogP contribution in [-0.2, 0) is 13.0 Å². The molecule has 26 heavy (non-hydrogen) atoms. The lowest BCUT2D eigenvalue weighted by Crippen LogP contribution is -2.47. The normalized spacial score (nSPS) is 18.2. The van der Waals surface area contributed by atoms with Crippen LogP contribution in [0.5, 0.6) is 0 Å². The van der Waals surface area contributed by atoms with Crippen LogP contribution < -0.4 is 10.6 Å². The highest BCUT2D eigenvalue weighted by molar-refractivity contribution is 5.57. The van der Waals surface area contributed by atoms with Gasteiger partial charge in [0.15, 0.2) is 0 Å². The van der Waals surface area contributed by atoms with Gasteiger partial charge >= 0.3 is 0 Å². The molecule has 0 spiro atoms. The summed E-state index contributed by atoms with van der Waals surface area (Å²) in [5.74, 6) is 0. The molecule has 0 fully saturated rings. The zero-order valence-corrected chi connectivity index (χ0v) is 15.5. The van der Waals surface area contributed by atoms with E-state index in [9.17, 15) is 0 Å². The van der Waals surface area contributed by atoms with Crippen molar-refractivity contribution in [2.24, 2.45) is 0 Å². The van der Waals surface area contributed by atoms with Crippen molar-refractivity contribution in [1.82, 2.24) is 5.32 Å². The third-order valence-electron chi connectivity index (χ3n) is 5.13. The molecule has 2 N–H and O–H groups in total. The Morgan fingerprint density at radius 1 is 0.846 bits per heavy atom. The Bertz CT molecular complexity index is 883. The van der Waals surface area contributed by atoms with Crippen LogP contribution >= 0.6 is 0 Å². The van der Waals surface area contributed by atoms with Gasteiger partial charge in [-0.15, -0.1) is 0 Å². The number of hydrogen-bond donors (Lipinski definition) is 2. The fraction of sp³-hybridized carbons (Fsp3) is 0.250. The first-order valence-electron chi connectivity index (χ1n) is 9.35. The van der Waals surface area contributed by atoms with Crippen LogP contribution in [0.2, 0.25) is 0 Å². The Balaban J connectivity index is 1.68. The number of rotatable bonds is 4. The molecule has 2 nitrogen and oxygen atoms in total. The van der Waals surface area contributed by atoms with E-state index < -0.39 is 0 Å². The van der Waals surface area contributed by atoms with E-state index in [1.807, 2.05) is 0 Å². The molecule has 0 saturated heterocycles. The van der Waals surface area contributed by atoms with Crippen molar-refractivity contribution in [3.05, 3.63) is 101 Å². The van der Waals surface area contributed by atoms with Crippen molar-refractivity contribution in [2.75, 3.05) is 5.32 Å². The lowest BCUT2D eigenvalue weighted by atomic mass is 9.81. The van der Waals surface area contributed by atoms with Gasteiger partial charge in [-0.05, 0) is 48.6 Å². The van der Waals surface area contributed by atoms with Gasteiger partial charge in [0.25, 0.3) is 0 Å². The fourth-order valence-corrected chi connectivity index (χ4v) is 3.92. The molecular weight excluding hydrogens is 316 g/mol. The van der Waals surface area contributed by atoms with Gasteiger partial charge in [0, 0.05) is 17.8 Å². The Hall–Kier alpha value is -2.58. The second kappa shape index (κ2) is 6.97.